The number of fused-ring (bicyclic) bond motifs is 1. The summed E-state index contributed by atoms with van der Waals surface area (Å²) >= 11 is 0. The molecule has 3 rings (SSSR count). The van der Waals surface area contributed by atoms with Crippen LogP contribution in [0.3, 0.4) is 0 Å². The summed E-state index contributed by atoms with van der Waals surface area (Å²) in [6.07, 6.45) is 0.684. The third-order valence-corrected chi connectivity index (χ3v) is 3.35. The number of β-amino-alcohol motifs (C(OH)–C–C–N with tert-alkyl or cyclic N) is 1. The monoisotopic (exact) mass is 245 g/mol. The molecule has 1 unspecified atom stereocenters. The highest BCUT2D eigenvalue weighted by molar-refractivity contribution is 5.78. The van der Waals surface area contributed by atoms with E-state index in [4.69, 9.17) is 0 Å². The van der Waals surface area contributed by atoms with Crippen LogP contribution in [0.2, 0.25) is 0 Å². The minimum atomic E-state index is -0.704. The standard InChI is InChI=1S/C13H15N3O2/c1-13(18)6-7-16(8-13)12-14-10-5-3-2-4-9(10)11(17)15-12/h2-5,18H,6-8H2,1H3,(H,14,15,17). The molecule has 18 heavy (non-hydrogen) atoms. The fourth-order valence-corrected chi connectivity index (χ4v) is 2.35. The van der Waals surface area contributed by atoms with Gasteiger partial charge in [0, 0.05) is 13.1 Å². The fourth-order valence-electron chi connectivity index (χ4n) is 2.35. The number of anilines is 1. The molecule has 0 radical (unpaired) electrons. The van der Waals surface area contributed by atoms with Gasteiger partial charge in [0.2, 0.25) is 5.95 Å². The molecule has 0 amide bonds. The van der Waals surface area contributed by atoms with Gasteiger partial charge in [0.05, 0.1) is 16.5 Å². The molecule has 0 saturated carbocycles. The van der Waals surface area contributed by atoms with Gasteiger partial charge in [0.1, 0.15) is 0 Å². The maximum absolute atomic E-state index is 11.9. The van der Waals surface area contributed by atoms with Crippen LogP contribution in [-0.2, 0) is 0 Å². The topological polar surface area (TPSA) is 69.2 Å². The van der Waals surface area contributed by atoms with Gasteiger partial charge < -0.3 is 10.0 Å². The molecule has 1 aromatic heterocycles. The molecule has 5 nitrogen and oxygen atoms in total. The second kappa shape index (κ2) is 3.81. The predicted molar refractivity (Wildman–Crippen MR) is 69.8 cm³/mol. The zero-order chi connectivity index (χ0) is 12.8. The number of H-pyrrole nitrogens is 1. The Labute approximate surface area is 104 Å². The van der Waals surface area contributed by atoms with E-state index in [1.807, 2.05) is 23.1 Å². The normalized spacial score (nSPS) is 23.8. The first kappa shape index (κ1) is 11.2. The van der Waals surface area contributed by atoms with Gasteiger partial charge in [-0.05, 0) is 25.5 Å². The van der Waals surface area contributed by atoms with Crippen LogP contribution in [0.15, 0.2) is 29.1 Å². The average Bonchev–Trinajstić information content (AvgIpc) is 2.70. The van der Waals surface area contributed by atoms with Crippen molar-refractivity contribution < 1.29 is 5.11 Å². The van der Waals surface area contributed by atoms with E-state index in [1.165, 1.54) is 0 Å². The molecular formula is C13H15N3O2. The molecule has 2 heterocycles. The second-order valence-electron chi connectivity index (χ2n) is 5.08. The van der Waals surface area contributed by atoms with Gasteiger partial charge in [-0.25, -0.2) is 4.98 Å². The quantitative estimate of drug-likeness (QED) is 0.782. The maximum atomic E-state index is 11.9. The molecule has 1 aliphatic heterocycles. The number of hydrogen-bond donors (Lipinski definition) is 2. The summed E-state index contributed by atoms with van der Waals surface area (Å²) < 4.78 is 0. The number of nitrogens with one attached hydrogen (secondary N) is 1. The third-order valence-electron chi connectivity index (χ3n) is 3.35. The minimum Gasteiger partial charge on any atom is -0.388 e. The fraction of sp³-hybridized carbons (Fsp3) is 0.385. The number of benzene rings is 1. The van der Waals surface area contributed by atoms with Gasteiger partial charge >= 0.3 is 0 Å². The Morgan fingerprint density at radius 1 is 1.44 bits per heavy atom. The van der Waals surface area contributed by atoms with Crippen LogP contribution in [0.5, 0.6) is 0 Å². The van der Waals surface area contributed by atoms with Crippen molar-refractivity contribution in [2.24, 2.45) is 0 Å². The highest BCUT2D eigenvalue weighted by atomic mass is 16.3. The molecule has 1 fully saturated rings. The Balaban J connectivity index is 2.06. The summed E-state index contributed by atoms with van der Waals surface area (Å²) in [5, 5.41) is 10.5. The summed E-state index contributed by atoms with van der Waals surface area (Å²) in [6.45, 7) is 2.99. The van der Waals surface area contributed by atoms with E-state index in [0.717, 1.165) is 0 Å². The molecule has 1 saturated heterocycles. The smallest absolute Gasteiger partial charge is 0.260 e. The van der Waals surface area contributed by atoms with Crippen molar-refractivity contribution in [3.8, 4) is 0 Å². The molecule has 0 spiro atoms. The lowest BCUT2D eigenvalue weighted by Gasteiger charge is -2.19. The van der Waals surface area contributed by atoms with Crippen LogP contribution in [0.1, 0.15) is 13.3 Å². The lowest BCUT2D eigenvalue weighted by molar-refractivity contribution is 0.0838. The maximum Gasteiger partial charge on any atom is 0.260 e. The first-order chi connectivity index (χ1) is 8.55. The largest absolute Gasteiger partial charge is 0.388 e. The van der Waals surface area contributed by atoms with E-state index in [0.29, 0.717) is 36.4 Å². The molecule has 1 atom stereocenters. The van der Waals surface area contributed by atoms with E-state index >= 15 is 0 Å². The van der Waals surface area contributed by atoms with E-state index in [9.17, 15) is 9.90 Å². The van der Waals surface area contributed by atoms with Crippen LogP contribution in [0.25, 0.3) is 10.9 Å². The second-order valence-corrected chi connectivity index (χ2v) is 5.08. The summed E-state index contributed by atoms with van der Waals surface area (Å²) in [5.74, 6) is 0.538. The molecule has 94 valence electrons. The van der Waals surface area contributed by atoms with Crippen LogP contribution in [-0.4, -0.2) is 33.8 Å². The number of hydrogen-bond acceptors (Lipinski definition) is 4. The van der Waals surface area contributed by atoms with E-state index in [1.54, 1.807) is 13.0 Å². The van der Waals surface area contributed by atoms with Crippen LogP contribution in [0, 0.1) is 0 Å². The van der Waals surface area contributed by atoms with Gasteiger partial charge in [-0.15, -0.1) is 0 Å². The molecule has 5 heteroatoms. The summed E-state index contributed by atoms with van der Waals surface area (Å²) in [7, 11) is 0. The lowest BCUT2D eigenvalue weighted by Crippen LogP contribution is -2.31. The molecular weight excluding hydrogens is 230 g/mol. The number of aliphatic hydroxyl groups is 1. The predicted octanol–water partition coefficient (Wildman–Crippen LogP) is 0.884. The molecule has 0 bridgehead atoms. The first-order valence-corrected chi connectivity index (χ1v) is 6.02. The van der Waals surface area contributed by atoms with Gasteiger partial charge in [0.25, 0.3) is 5.56 Å². The zero-order valence-electron chi connectivity index (χ0n) is 10.2. The Hall–Kier alpha value is -1.88. The average molecular weight is 245 g/mol. The van der Waals surface area contributed by atoms with Crippen molar-refractivity contribution in [3.05, 3.63) is 34.6 Å². The number of para-hydroxylation sites is 1. The molecule has 1 aliphatic rings. The Kier molecular flexibility index (Phi) is 2.38. The summed E-state index contributed by atoms with van der Waals surface area (Å²) in [6, 6.07) is 7.26. The SMILES string of the molecule is CC1(O)CCN(c2nc3ccccc3c(=O)[nH]2)C1. The van der Waals surface area contributed by atoms with Gasteiger partial charge in [-0.1, -0.05) is 12.1 Å². The molecule has 2 N–H and O–H groups in total. The zero-order valence-corrected chi connectivity index (χ0v) is 10.2. The molecule has 1 aromatic carbocycles. The third kappa shape index (κ3) is 1.86. The van der Waals surface area contributed by atoms with Crippen molar-refractivity contribution in [1.29, 1.82) is 0 Å². The van der Waals surface area contributed by atoms with Crippen molar-refractivity contribution in [2.75, 3.05) is 18.0 Å². The Morgan fingerprint density at radius 2 is 2.22 bits per heavy atom. The van der Waals surface area contributed by atoms with Crippen LogP contribution in [0.4, 0.5) is 5.95 Å². The highest BCUT2D eigenvalue weighted by Gasteiger charge is 2.32. The summed E-state index contributed by atoms with van der Waals surface area (Å²) in [5.41, 5.74) is -0.158. The van der Waals surface area contributed by atoms with Gasteiger partial charge in [-0.2, -0.15) is 0 Å². The van der Waals surface area contributed by atoms with Crippen molar-refractivity contribution in [1.82, 2.24) is 9.97 Å². The van der Waals surface area contributed by atoms with Gasteiger partial charge in [-0.3, -0.25) is 9.78 Å². The van der Waals surface area contributed by atoms with Crippen molar-refractivity contribution in [2.45, 2.75) is 18.9 Å². The number of rotatable bonds is 1. The van der Waals surface area contributed by atoms with Crippen molar-refractivity contribution in [3.63, 3.8) is 0 Å². The molecule has 0 aliphatic carbocycles. The lowest BCUT2D eigenvalue weighted by atomic mass is 10.1. The molecule has 2 aromatic rings. The Morgan fingerprint density at radius 3 is 2.94 bits per heavy atom. The first-order valence-electron chi connectivity index (χ1n) is 6.02. The highest BCUT2D eigenvalue weighted by Crippen LogP contribution is 2.23. The number of nitrogens with zero attached hydrogens (tertiary/aromatic N) is 2. The van der Waals surface area contributed by atoms with Crippen molar-refractivity contribution >= 4 is 16.9 Å². The van der Waals surface area contributed by atoms with E-state index in [-0.39, 0.29) is 5.56 Å². The van der Waals surface area contributed by atoms with Crippen LogP contribution >= 0.6 is 0 Å². The van der Waals surface area contributed by atoms with E-state index in [2.05, 4.69) is 9.97 Å². The summed E-state index contributed by atoms with van der Waals surface area (Å²) in [4.78, 5) is 21.1. The minimum absolute atomic E-state index is 0.137. The number of aromatic nitrogens is 2. The van der Waals surface area contributed by atoms with Crippen LogP contribution < -0.4 is 10.5 Å². The van der Waals surface area contributed by atoms with E-state index < -0.39 is 5.60 Å². The van der Waals surface area contributed by atoms with Gasteiger partial charge in [0.15, 0.2) is 0 Å². The number of aromatic amines is 1. The Bertz CT molecular complexity index is 648.